The Balaban J connectivity index is 1.88. The molecule has 7 nitrogen and oxygen atoms in total. The molecule has 3 amide bonds. The molecule has 2 aromatic carbocycles. The van der Waals surface area contributed by atoms with Crippen LogP contribution in [0.2, 0.25) is 0 Å². The van der Waals surface area contributed by atoms with Gasteiger partial charge in [0.1, 0.15) is 5.75 Å². The number of nitrogens with one attached hydrogen (secondary N) is 2. The third-order valence-corrected chi connectivity index (χ3v) is 3.23. The lowest BCUT2D eigenvalue weighted by molar-refractivity contribution is -0.127. The summed E-state index contributed by atoms with van der Waals surface area (Å²) >= 11 is 0. The van der Waals surface area contributed by atoms with Crippen molar-refractivity contribution in [2.45, 2.75) is 13.0 Å². The second-order valence-electron chi connectivity index (χ2n) is 5.09. The van der Waals surface area contributed by atoms with Crippen LogP contribution in [0.1, 0.15) is 17.3 Å². The van der Waals surface area contributed by atoms with Crippen LogP contribution in [0, 0.1) is 0 Å². The molecule has 0 saturated heterocycles. The van der Waals surface area contributed by atoms with Gasteiger partial charge in [0, 0.05) is 5.69 Å². The average molecular weight is 342 g/mol. The van der Waals surface area contributed by atoms with E-state index in [1.807, 2.05) is 0 Å². The lowest BCUT2D eigenvalue weighted by atomic mass is 10.2. The number of benzene rings is 2. The molecule has 0 heterocycles. The molecule has 0 aliphatic carbocycles. The Labute approximate surface area is 144 Å². The SMILES string of the molecule is COc1cccc(C(=O)OC(C)C(=O)NC(=O)Nc2ccccc2)c1. The smallest absolute Gasteiger partial charge is 0.339 e. The van der Waals surface area contributed by atoms with Crippen LogP contribution in [-0.2, 0) is 9.53 Å². The summed E-state index contributed by atoms with van der Waals surface area (Å²) in [4.78, 5) is 35.8. The van der Waals surface area contributed by atoms with E-state index in [-0.39, 0.29) is 5.56 Å². The molecule has 0 saturated carbocycles. The Kier molecular flexibility index (Phi) is 6.11. The zero-order valence-corrected chi connectivity index (χ0v) is 13.8. The predicted octanol–water partition coefficient (Wildman–Crippen LogP) is 2.59. The highest BCUT2D eigenvalue weighted by atomic mass is 16.5. The van der Waals surface area contributed by atoms with E-state index < -0.39 is 24.0 Å². The van der Waals surface area contributed by atoms with E-state index >= 15 is 0 Å². The van der Waals surface area contributed by atoms with E-state index in [9.17, 15) is 14.4 Å². The number of carbonyl (C=O) groups is 3. The number of imide groups is 1. The molecular formula is C18H18N2O5. The second-order valence-corrected chi connectivity index (χ2v) is 5.09. The summed E-state index contributed by atoms with van der Waals surface area (Å²) in [6.45, 7) is 1.38. The number of esters is 1. The van der Waals surface area contributed by atoms with Crippen LogP contribution in [0.4, 0.5) is 10.5 Å². The van der Waals surface area contributed by atoms with Gasteiger partial charge in [0.2, 0.25) is 0 Å². The Hall–Kier alpha value is -3.35. The summed E-state index contributed by atoms with van der Waals surface area (Å²) in [6, 6.07) is 14.3. The van der Waals surface area contributed by atoms with E-state index in [1.165, 1.54) is 26.2 Å². The summed E-state index contributed by atoms with van der Waals surface area (Å²) < 4.78 is 10.1. The number of hydrogen-bond donors (Lipinski definition) is 2. The van der Waals surface area contributed by atoms with Gasteiger partial charge in [-0.1, -0.05) is 24.3 Å². The van der Waals surface area contributed by atoms with Crippen molar-refractivity contribution in [3.05, 3.63) is 60.2 Å². The van der Waals surface area contributed by atoms with Gasteiger partial charge in [-0.2, -0.15) is 0 Å². The maximum atomic E-state index is 12.0. The highest BCUT2D eigenvalue weighted by molar-refractivity contribution is 6.03. The minimum absolute atomic E-state index is 0.243. The lowest BCUT2D eigenvalue weighted by Crippen LogP contribution is -2.41. The first-order chi connectivity index (χ1) is 12.0. The quantitative estimate of drug-likeness (QED) is 0.815. The van der Waals surface area contributed by atoms with Gasteiger partial charge in [-0.3, -0.25) is 10.1 Å². The molecule has 0 aliphatic heterocycles. The number of methoxy groups -OCH3 is 1. The van der Waals surface area contributed by atoms with Crippen molar-refractivity contribution in [2.24, 2.45) is 0 Å². The molecule has 25 heavy (non-hydrogen) atoms. The first kappa shape index (κ1) is 18.0. The van der Waals surface area contributed by atoms with Crippen molar-refractivity contribution in [3.8, 4) is 5.75 Å². The third kappa shape index (κ3) is 5.35. The minimum Gasteiger partial charge on any atom is -0.497 e. The zero-order chi connectivity index (χ0) is 18.2. The van der Waals surface area contributed by atoms with Crippen molar-refractivity contribution in [1.82, 2.24) is 5.32 Å². The number of para-hydroxylation sites is 1. The van der Waals surface area contributed by atoms with Crippen molar-refractivity contribution >= 4 is 23.6 Å². The Bertz CT molecular complexity index is 761. The standard InChI is InChI=1S/C18H18N2O5/c1-12(25-17(22)13-7-6-10-15(11-13)24-2)16(21)20-18(23)19-14-8-4-3-5-9-14/h3-12H,1-2H3,(H2,19,20,21,23). The Morgan fingerprint density at radius 1 is 1.00 bits per heavy atom. The lowest BCUT2D eigenvalue weighted by Gasteiger charge is -2.13. The third-order valence-electron chi connectivity index (χ3n) is 3.23. The minimum atomic E-state index is -1.14. The molecule has 2 rings (SSSR count). The van der Waals surface area contributed by atoms with Gasteiger partial charge in [-0.05, 0) is 37.3 Å². The van der Waals surface area contributed by atoms with Gasteiger partial charge in [0.05, 0.1) is 12.7 Å². The summed E-state index contributed by atoms with van der Waals surface area (Å²) in [5.41, 5.74) is 0.779. The molecular weight excluding hydrogens is 324 g/mol. The maximum absolute atomic E-state index is 12.0. The Morgan fingerprint density at radius 3 is 2.40 bits per heavy atom. The van der Waals surface area contributed by atoms with Crippen LogP contribution in [0.15, 0.2) is 54.6 Å². The first-order valence-corrected chi connectivity index (χ1v) is 7.51. The molecule has 0 bridgehead atoms. The monoisotopic (exact) mass is 342 g/mol. The Morgan fingerprint density at radius 2 is 1.72 bits per heavy atom. The van der Waals surface area contributed by atoms with Gasteiger partial charge in [-0.15, -0.1) is 0 Å². The molecule has 1 unspecified atom stereocenters. The maximum Gasteiger partial charge on any atom is 0.339 e. The van der Waals surface area contributed by atoms with Crippen LogP contribution in [-0.4, -0.2) is 31.1 Å². The summed E-state index contributed by atoms with van der Waals surface area (Å²) in [7, 11) is 1.48. The topological polar surface area (TPSA) is 93.7 Å². The molecule has 0 radical (unpaired) electrons. The average Bonchev–Trinajstić information content (AvgIpc) is 2.62. The van der Waals surface area contributed by atoms with Crippen molar-refractivity contribution in [2.75, 3.05) is 12.4 Å². The number of amides is 3. The van der Waals surface area contributed by atoms with Crippen molar-refractivity contribution in [3.63, 3.8) is 0 Å². The highest BCUT2D eigenvalue weighted by Crippen LogP contribution is 2.14. The fraction of sp³-hybridized carbons (Fsp3) is 0.167. The van der Waals surface area contributed by atoms with Crippen LogP contribution in [0.5, 0.6) is 5.75 Å². The normalized spacial score (nSPS) is 11.1. The van der Waals surface area contributed by atoms with E-state index in [4.69, 9.17) is 9.47 Å². The van der Waals surface area contributed by atoms with E-state index in [1.54, 1.807) is 42.5 Å². The number of hydrogen-bond acceptors (Lipinski definition) is 5. The summed E-state index contributed by atoms with van der Waals surface area (Å²) in [5, 5.41) is 4.62. The van der Waals surface area contributed by atoms with E-state index in [0.717, 1.165) is 0 Å². The van der Waals surface area contributed by atoms with Crippen LogP contribution < -0.4 is 15.4 Å². The van der Waals surface area contributed by atoms with Crippen molar-refractivity contribution in [1.29, 1.82) is 0 Å². The molecule has 7 heteroatoms. The number of carbonyl (C=O) groups excluding carboxylic acids is 3. The molecule has 130 valence electrons. The van der Waals surface area contributed by atoms with Gasteiger partial charge in [0.15, 0.2) is 6.10 Å². The molecule has 0 spiro atoms. The van der Waals surface area contributed by atoms with Gasteiger partial charge < -0.3 is 14.8 Å². The first-order valence-electron chi connectivity index (χ1n) is 7.51. The molecule has 1 atom stereocenters. The summed E-state index contributed by atoms with van der Waals surface area (Å²) in [6.07, 6.45) is -1.14. The fourth-order valence-corrected chi connectivity index (χ4v) is 1.93. The number of urea groups is 1. The molecule has 0 aromatic heterocycles. The van der Waals surface area contributed by atoms with Gasteiger partial charge in [-0.25, -0.2) is 9.59 Å². The highest BCUT2D eigenvalue weighted by Gasteiger charge is 2.21. The molecule has 2 N–H and O–H groups in total. The molecule has 0 aliphatic rings. The predicted molar refractivity (Wildman–Crippen MR) is 91.5 cm³/mol. The van der Waals surface area contributed by atoms with Crippen molar-refractivity contribution < 1.29 is 23.9 Å². The van der Waals surface area contributed by atoms with Crippen LogP contribution >= 0.6 is 0 Å². The fourth-order valence-electron chi connectivity index (χ4n) is 1.93. The second kappa shape index (κ2) is 8.49. The van der Waals surface area contributed by atoms with Gasteiger partial charge in [0.25, 0.3) is 5.91 Å². The molecule has 0 fully saturated rings. The van der Waals surface area contributed by atoms with Crippen LogP contribution in [0.3, 0.4) is 0 Å². The zero-order valence-electron chi connectivity index (χ0n) is 13.8. The van der Waals surface area contributed by atoms with Gasteiger partial charge >= 0.3 is 12.0 Å². The van der Waals surface area contributed by atoms with E-state index in [0.29, 0.717) is 11.4 Å². The molecule has 2 aromatic rings. The number of rotatable bonds is 5. The van der Waals surface area contributed by atoms with Crippen LogP contribution in [0.25, 0.3) is 0 Å². The summed E-state index contributed by atoms with van der Waals surface area (Å²) in [5.74, 6) is -0.927. The largest absolute Gasteiger partial charge is 0.497 e. The number of ether oxygens (including phenoxy) is 2. The van der Waals surface area contributed by atoms with E-state index in [2.05, 4.69) is 10.6 Å². The number of anilines is 1.